The summed E-state index contributed by atoms with van der Waals surface area (Å²) in [4.78, 5) is 9.90. The Hall–Kier alpha value is -0.320. The lowest BCUT2D eigenvalue weighted by molar-refractivity contribution is -0.126. The summed E-state index contributed by atoms with van der Waals surface area (Å²) in [5, 5.41) is 8.46. The molecule has 0 aromatic carbocycles. The molecule has 1 aliphatic carbocycles. The van der Waals surface area contributed by atoms with Gasteiger partial charge in [-0.3, -0.25) is 4.79 Å². The number of primary amides is 1. The summed E-state index contributed by atoms with van der Waals surface area (Å²) >= 11 is 0. The fourth-order valence-corrected chi connectivity index (χ4v) is 0.641. The van der Waals surface area contributed by atoms with Gasteiger partial charge in [0.05, 0.1) is 0 Å². The summed E-state index contributed by atoms with van der Waals surface area (Å²) in [6.45, 7) is 1.69. The maximum atomic E-state index is 9.90. The highest BCUT2D eigenvalue weighted by molar-refractivity contribution is 5.85. The molecule has 13 heavy (non-hydrogen) atoms. The van der Waals surface area contributed by atoms with Crippen molar-refractivity contribution in [3.63, 3.8) is 0 Å². The van der Waals surface area contributed by atoms with Crippen LogP contribution in [0, 0.1) is 0 Å². The van der Waals surface area contributed by atoms with Gasteiger partial charge < -0.3 is 16.6 Å². The van der Waals surface area contributed by atoms with Crippen molar-refractivity contribution in [3.8, 4) is 0 Å². The Morgan fingerprint density at radius 1 is 1.62 bits per heavy atom. The second kappa shape index (κ2) is 8.29. The van der Waals surface area contributed by atoms with Crippen molar-refractivity contribution in [3.05, 3.63) is 0 Å². The van der Waals surface area contributed by atoms with Crippen molar-refractivity contribution >= 4 is 18.3 Å². The van der Waals surface area contributed by atoms with Gasteiger partial charge in [-0.1, -0.05) is 13.3 Å². The van der Waals surface area contributed by atoms with Gasteiger partial charge in [0.2, 0.25) is 5.91 Å². The number of hydrogen-bond donors (Lipinski definition) is 3. The Labute approximate surface area is 85.1 Å². The van der Waals surface area contributed by atoms with Crippen molar-refractivity contribution < 1.29 is 9.90 Å². The van der Waals surface area contributed by atoms with Gasteiger partial charge in [0.15, 0.2) is 0 Å². The van der Waals surface area contributed by atoms with Crippen LogP contribution in [0.4, 0.5) is 0 Å². The van der Waals surface area contributed by atoms with Gasteiger partial charge in [-0.25, -0.2) is 0 Å². The lowest BCUT2D eigenvalue weighted by Crippen LogP contribution is -2.27. The molecule has 0 saturated heterocycles. The maximum absolute atomic E-state index is 9.90. The number of halogens is 1. The molecule has 1 fully saturated rings. The third-order valence-electron chi connectivity index (χ3n) is 1.86. The van der Waals surface area contributed by atoms with Crippen LogP contribution in [0.5, 0.6) is 0 Å². The summed E-state index contributed by atoms with van der Waals surface area (Å²) < 4.78 is 0. The van der Waals surface area contributed by atoms with Gasteiger partial charge in [-0.2, -0.15) is 0 Å². The number of hydrogen-bond acceptors (Lipinski definition) is 3. The SMILES string of the molecule is CCC(O)C(N)=O.Cl.NC1CCC1. The van der Waals surface area contributed by atoms with E-state index in [0.29, 0.717) is 12.5 Å². The molecule has 1 atom stereocenters. The standard InChI is InChI=1S/C4H9NO2.C4H9N.ClH/c1-2-3(6)4(5)7;5-4-2-1-3-4;/h3,6H,2H2,1H3,(H2,5,7);4H,1-3,5H2;1H. The Kier molecular flexibility index (Phi) is 9.67. The van der Waals surface area contributed by atoms with Gasteiger partial charge in [-0.05, 0) is 19.3 Å². The van der Waals surface area contributed by atoms with Gasteiger partial charge in [0.25, 0.3) is 0 Å². The smallest absolute Gasteiger partial charge is 0.246 e. The molecule has 80 valence electrons. The first-order chi connectivity index (χ1) is 5.57. The molecule has 1 unspecified atom stereocenters. The molecule has 1 aliphatic rings. The van der Waals surface area contributed by atoms with Crippen LogP contribution in [0.1, 0.15) is 32.6 Å². The molecule has 0 radical (unpaired) electrons. The number of rotatable bonds is 2. The van der Waals surface area contributed by atoms with E-state index in [2.05, 4.69) is 5.73 Å². The zero-order valence-electron chi connectivity index (χ0n) is 7.90. The summed E-state index contributed by atoms with van der Waals surface area (Å²) in [5.41, 5.74) is 10.0. The Balaban J connectivity index is 0. The highest BCUT2D eigenvalue weighted by Crippen LogP contribution is 2.14. The first-order valence-corrected chi connectivity index (χ1v) is 4.30. The molecule has 0 spiro atoms. The number of aliphatic hydroxyl groups is 1. The van der Waals surface area contributed by atoms with Gasteiger partial charge in [-0.15, -0.1) is 12.4 Å². The minimum absolute atomic E-state index is 0. The van der Waals surface area contributed by atoms with Gasteiger partial charge >= 0.3 is 0 Å². The maximum Gasteiger partial charge on any atom is 0.246 e. The molecule has 0 aliphatic heterocycles. The van der Waals surface area contributed by atoms with Crippen LogP contribution in [0.3, 0.4) is 0 Å². The highest BCUT2D eigenvalue weighted by Gasteiger charge is 2.09. The summed E-state index contributed by atoms with van der Waals surface area (Å²) in [6.07, 6.45) is 3.33. The second-order valence-corrected chi connectivity index (χ2v) is 3.02. The van der Waals surface area contributed by atoms with E-state index in [0.717, 1.165) is 0 Å². The third kappa shape index (κ3) is 8.02. The van der Waals surface area contributed by atoms with Gasteiger partial charge in [0, 0.05) is 6.04 Å². The van der Waals surface area contributed by atoms with Crippen LogP contribution in [0.25, 0.3) is 0 Å². The molecular formula is C8H19ClN2O2. The minimum Gasteiger partial charge on any atom is -0.383 e. The number of nitrogens with two attached hydrogens (primary N) is 2. The number of carbonyl (C=O) groups is 1. The minimum atomic E-state index is -0.958. The van der Waals surface area contributed by atoms with E-state index in [4.69, 9.17) is 10.8 Å². The van der Waals surface area contributed by atoms with E-state index in [1.54, 1.807) is 6.92 Å². The van der Waals surface area contributed by atoms with Crippen LogP contribution in [0.15, 0.2) is 0 Å². The molecule has 0 bridgehead atoms. The lowest BCUT2D eigenvalue weighted by atomic mass is 9.95. The average molecular weight is 211 g/mol. The van der Waals surface area contributed by atoms with Crippen LogP contribution in [-0.2, 0) is 4.79 Å². The van der Waals surface area contributed by atoms with Crippen molar-refractivity contribution in [1.29, 1.82) is 0 Å². The van der Waals surface area contributed by atoms with Crippen LogP contribution < -0.4 is 11.5 Å². The molecule has 0 aromatic heterocycles. The Morgan fingerprint density at radius 3 is 2.00 bits per heavy atom. The van der Waals surface area contributed by atoms with E-state index < -0.39 is 12.0 Å². The van der Waals surface area contributed by atoms with E-state index >= 15 is 0 Å². The number of amides is 1. The molecule has 5 N–H and O–H groups in total. The fourth-order valence-electron chi connectivity index (χ4n) is 0.641. The van der Waals surface area contributed by atoms with Crippen LogP contribution in [0.2, 0.25) is 0 Å². The van der Waals surface area contributed by atoms with E-state index in [9.17, 15) is 4.79 Å². The van der Waals surface area contributed by atoms with Crippen molar-refractivity contribution in [2.75, 3.05) is 0 Å². The summed E-state index contributed by atoms with van der Waals surface area (Å²) in [7, 11) is 0. The van der Waals surface area contributed by atoms with Crippen molar-refractivity contribution in [2.45, 2.75) is 44.8 Å². The predicted octanol–water partition coefficient (Wildman–Crippen LogP) is 0.162. The first-order valence-electron chi connectivity index (χ1n) is 4.30. The predicted molar refractivity (Wildman–Crippen MR) is 54.6 cm³/mol. The zero-order chi connectivity index (χ0) is 9.56. The normalized spacial score (nSPS) is 17.2. The largest absolute Gasteiger partial charge is 0.383 e. The Morgan fingerprint density at radius 2 is 2.00 bits per heavy atom. The van der Waals surface area contributed by atoms with E-state index in [-0.39, 0.29) is 12.4 Å². The quantitative estimate of drug-likeness (QED) is 0.607. The van der Waals surface area contributed by atoms with Gasteiger partial charge in [0.1, 0.15) is 6.10 Å². The van der Waals surface area contributed by atoms with E-state index in [1.165, 1.54) is 19.3 Å². The second-order valence-electron chi connectivity index (χ2n) is 3.02. The van der Waals surface area contributed by atoms with Crippen LogP contribution >= 0.6 is 12.4 Å². The third-order valence-corrected chi connectivity index (χ3v) is 1.86. The monoisotopic (exact) mass is 210 g/mol. The molecule has 0 aromatic rings. The van der Waals surface area contributed by atoms with E-state index in [1.807, 2.05) is 0 Å². The van der Waals surface area contributed by atoms with Crippen LogP contribution in [-0.4, -0.2) is 23.2 Å². The fraction of sp³-hybridized carbons (Fsp3) is 0.875. The number of carbonyl (C=O) groups excluding carboxylic acids is 1. The number of aliphatic hydroxyl groups excluding tert-OH is 1. The topological polar surface area (TPSA) is 89.3 Å². The zero-order valence-corrected chi connectivity index (χ0v) is 8.72. The van der Waals surface area contributed by atoms with Crippen molar-refractivity contribution in [1.82, 2.24) is 0 Å². The molecule has 5 heteroatoms. The molecule has 1 amide bonds. The highest BCUT2D eigenvalue weighted by atomic mass is 35.5. The molecule has 4 nitrogen and oxygen atoms in total. The van der Waals surface area contributed by atoms with Crippen molar-refractivity contribution in [2.24, 2.45) is 11.5 Å². The molecule has 1 rings (SSSR count). The molecule has 1 saturated carbocycles. The molecular weight excluding hydrogens is 192 g/mol. The lowest BCUT2D eigenvalue weighted by Gasteiger charge is -2.18. The summed E-state index contributed by atoms with van der Waals surface area (Å²) in [6, 6.07) is 0.565. The summed E-state index contributed by atoms with van der Waals surface area (Å²) in [5.74, 6) is -0.650. The Bertz CT molecular complexity index is 140. The molecule has 0 heterocycles. The average Bonchev–Trinajstić information content (AvgIpc) is 2.00. The first kappa shape index (κ1) is 15.2.